The molecule has 0 aliphatic carbocycles. The highest BCUT2D eigenvalue weighted by Crippen LogP contribution is 2.41. The fourth-order valence-corrected chi connectivity index (χ4v) is 6.35. The van der Waals surface area contributed by atoms with Crippen LogP contribution in [0.1, 0.15) is 10.8 Å². The van der Waals surface area contributed by atoms with E-state index in [2.05, 4.69) is 20.8 Å². The van der Waals surface area contributed by atoms with E-state index < -0.39 is 29.3 Å². The molecule has 13 heteroatoms. The second kappa shape index (κ2) is 8.70. The number of hydrogen-bond acceptors (Lipinski definition) is 9. The van der Waals surface area contributed by atoms with Crippen LogP contribution in [-0.2, 0) is 16.1 Å². The van der Waals surface area contributed by atoms with E-state index >= 15 is 0 Å². The van der Waals surface area contributed by atoms with Crippen molar-refractivity contribution < 1.29 is 23.9 Å². The zero-order valence-electron chi connectivity index (χ0n) is 15.7. The second-order valence-electron chi connectivity index (χ2n) is 6.43. The first-order valence-corrected chi connectivity index (χ1v) is 11.7. The maximum Gasteiger partial charge on any atom is 0.352 e. The van der Waals surface area contributed by atoms with Crippen molar-refractivity contribution in [3.05, 3.63) is 40.4 Å². The van der Waals surface area contributed by atoms with Crippen LogP contribution in [0.3, 0.4) is 0 Å². The number of aromatic nitrogens is 2. The normalized spacial score (nSPS) is 20.6. The van der Waals surface area contributed by atoms with Gasteiger partial charge in [0.25, 0.3) is 5.91 Å². The van der Waals surface area contributed by atoms with Gasteiger partial charge in [0.1, 0.15) is 27.9 Å². The van der Waals surface area contributed by atoms with Crippen LogP contribution in [0, 0.1) is 6.92 Å². The van der Waals surface area contributed by atoms with Crippen molar-refractivity contribution in [2.24, 2.45) is 0 Å². The summed E-state index contributed by atoms with van der Waals surface area (Å²) in [6, 6.07) is 2.14. The summed E-state index contributed by atoms with van der Waals surface area (Å²) in [6.45, 7) is 2.04. The van der Waals surface area contributed by atoms with Crippen LogP contribution in [0.2, 0.25) is 0 Å². The SMILES string of the molecule is Cc1nnc(SCC2=C(C(=O)O)N3C(=O)C(NC(=O)NCc4ccco4)[C@H]3SC2)s1. The Morgan fingerprint density at radius 3 is 2.93 bits per heavy atom. The number of carboxylic acid groups (broad SMARTS) is 1. The topological polar surface area (TPSA) is 138 Å². The number of urea groups is 1. The van der Waals surface area contributed by atoms with Crippen LogP contribution in [0.15, 0.2) is 38.4 Å². The largest absolute Gasteiger partial charge is 0.477 e. The van der Waals surface area contributed by atoms with Gasteiger partial charge in [-0.3, -0.25) is 9.69 Å². The minimum absolute atomic E-state index is 0.00784. The molecular weight excluding hydrogens is 450 g/mol. The molecular formula is C17H17N5O5S3. The van der Waals surface area contributed by atoms with E-state index in [1.807, 2.05) is 6.92 Å². The summed E-state index contributed by atoms with van der Waals surface area (Å²) in [5.41, 5.74) is 0.641. The van der Waals surface area contributed by atoms with Crippen molar-refractivity contribution in [1.29, 1.82) is 0 Å². The zero-order chi connectivity index (χ0) is 21.3. The van der Waals surface area contributed by atoms with E-state index in [0.717, 1.165) is 9.35 Å². The van der Waals surface area contributed by atoms with Gasteiger partial charge in [0.2, 0.25) is 0 Å². The molecule has 0 radical (unpaired) electrons. The predicted molar refractivity (Wildman–Crippen MR) is 111 cm³/mol. The number of carboxylic acids is 1. The molecule has 3 N–H and O–H groups in total. The highest BCUT2D eigenvalue weighted by Gasteiger charge is 2.54. The highest BCUT2D eigenvalue weighted by atomic mass is 32.2. The summed E-state index contributed by atoms with van der Waals surface area (Å²) in [5.74, 6) is -0.151. The van der Waals surface area contributed by atoms with E-state index in [0.29, 0.717) is 22.8 Å². The number of thioether (sulfide) groups is 2. The maximum atomic E-state index is 12.6. The Kier molecular flexibility index (Phi) is 6.01. The van der Waals surface area contributed by atoms with Crippen molar-refractivity contribution >= 4 is 52.8 Å². The van der Waals surface area contributed by atoms with E-state index in [9.17, 15) is 19.5 Å². The van der Waals surface area contributed by atoms with Crippen LogP contribution in [0.5, 0.6) is 0 Å². The minimum atomic E-state index is -1.15. The minimum Gasteiger partial charge on any atom is -0.477 e. The number of rotatable bonds is 7. The molecule has 2 aromatic rings. The molecule has 1 saturated heterocycles. The number of hydrogen-bond donors (Lipinski definition) is 3. The lowest BCUT2D eigenvalue weighted by Crippen LogP contribution is -2.71. The second-order valence-corrected chi connectivity index (χ2v) is 9.94. The van der Waals surface area contributed by atoms with Gasteiger partial charge < -0.3 is 20.2 Å². The predicted octanol–water partition coefficient (Wildman–Crippen LogP) is 1.65. The molecule has 2 aromatic heterocycles. The van der Waals surface area contributed by atoms with Crippen LogP contribution < -0.4 is 10.6 Å². The van der Waals surface area contributed by atoms with Gasteiger partial charge in [-0.15, -0.1) is 22.0 Å². The molecule has 0 saturated carbocycles. The Balaban J connectivity index is 1.39. The first-order valence-electron chi connectivity index (χ1n) is 8.83. The summed E-state index contributed by atoms with van der Waals surface area (Å²) in [6.07, 6.45) is 1.50. The highest BCUT2D eigenvalue weighted by molar-refractivity contribution is 8.01. The Labute approximate surface area is 183 Å². The van der Waals surface area contributed by atoms with Gasteiger partial charge >= 0.3 is 12.0 Å². The van der Waals surface area contributed by atoms with E-state index in [1.54, 1.807) is 12.1 Å². The Morgan fingerprint density at radius 2 is 2.27 bits per heavy atom. The molecule has 2 aliphatic heterocycles. The molecule has 3 amide bonds. The van der Waals surface area contributed by atoms with Gasteiger partial charge in [0.05, 0.1) is 12.8 Å². The summed E-state index contributed by atoms with van der Waals surface area (Å²) in [7, 11) is 0. The number of carbonyl (C=O) groups excluding carboxylic acids is 2. The number of aryl methyl sites for hydroxylation is 1. The molecule has 2 aliphatic rings. The van der Waals surface area contributed by atoms with E-state index in [1.165, 1.54) is 46.0 Å². The number of nitrogens with one attached hydrogen (secondary N) is 2. The smallest absolute Gasteiger partial charge is 0.352 e. The molecule has 158 valence electrons. The van der Waals surface area contributed by atoms with Gasteiger partial charge in [-0.05, 0) is 24.6 Å². The average Bonchev–Trinajstić information content (AvgIpc) is 3.39. The monoisotopic (exact) mass is 467 g/mol. The first-order chi connectivity index (χ1) is 14.4. The summed E-state index contributed by atoms with van der Waals surface area (Å²) >= 11 is 4.26. The van der Waals surface area contributed by atoms with Gasteiger partial charge in [-0.1, -0.05) is 23.1 Å². The lowest BCUT2D eigenvalue weighted by atomic mass is 10.0. The third kappa shape index (κ3) is 4.18. The lowest BCUT2D eigenvalue weighted by Gasteiger charge is -2.49. The number of carbonyl (C=O) groups is 3. The maximum absolute atomic E-state index is 12.6. The molecule has 10 nitrogen and oxygen atoms in total. The molecule has 4 rings (SSSR count). The number of amides is 3. The molecule has 1 unspecified atom stereocenters. The van der Waals surface area contributed by atoms with Crippen molar-refractivity contribution in [1.82, 2.24) is 25.7 Å². The van der Waals surface area contributed by atoms with E-state index in [4.69, 9.17) is 4.42 Å². The van der Waals surface area contributed by atoms with Crippen LogP contribution in [0.25, 0.3) is 0 Å². The standard InChI is InChI=1S/C17H17N5O5S3/c1-8-20-21-17(30-8)29-7-9-6-28-14-11(13(23)22(14)12(9)15(24)25)19-16(26)18-5-10-3-2-4-27-10/h2-4,11,14H,5-7H2,1H3,(H,24,25)(H2,18,19,26)/t11?,14-/m1/s1. The third-order valence-corrected chi connectivity index (χ3v) is 7.81. The fourth-order valence-electron chi connectivity index (χ4n) is 3.05. The van der Waals surface area contributed by atoms with Crippen LogP contribution in [-0.4, -0.2) is 61.0 Å². The molecule has 0 aromatic carbocycles. The molecule has 0 bridgehead atoms. The Hall–Kier alpha value is -2.51. The quantitative estimate of drug-likeness (QED) is 0.410. The summed E-state index contributed by atoms with van der Waals surface area (Å²) in [5, 5.41) is 23.3. The van der Waals surface area contributed by atoms with Crippen LogP contribution in [0.4, 0.5) is 4.79 Å². The molecule has 1 fully saturated rings. The first kappa shape index (κ1) is 20.8. The summed E-state index contributed by atoms with van der Waals surface area (Å²) < 4.78 is 5.89. The van der Waals surface area contributed by atoms with Crippen molar-refractivity contribution in [3.8, 4) is 0 Å². The number of fused-ring (bicyclic) bond motifs is 1. The Bertz CT molecular complexity index is 1010. The third-order valence-electron chi connectivity index (χ3n) is 4.42. The average molecular weight is 468 g/mol. The number of β-lactam (4-membered cyclic amide) rings is 1. The molecule has 30 heavy (non-hydrogen) atoms. The fraction of sp³-hybridized carbons (Fsp3) is 0.353. The van der Waals surface area contributed by atoms with E-state index in [-0.39, 0.29) is 12.2 Å². The van der Waals surface area contributed by atoms with Crippen molar-refractivity contribution in [2.45, 2.75) is 29.2 Å². The molecule has 4 heterocycles. The van der Waals surface area contributed by atoms with Crippen molar-refractivity contribution in [2.75, 3.05) is 11.5 Å². The van der Waals surface area contributed by atoms with Gasteiger partial charge in [-0.2, -0.15) is 0 Å². The van der Waals surface area contributed by atoms with Gasteiger partial charge in [0, 0.05) is 11.5 Å². The molecule has 0 spiro atoms. The summed E-state index contributed by atoms with van der Waals surface area (Å²) in [4.78, 5) is 37.9. The molecule has 2 atom stereocenters. The van der Waals surface area contributed by atoms with Crippen LogP contribution >= 0.6 is 34.9 Å². The van der Waals surface area contributed by atoms with Gasteiger partial charge in [-0.25, -0.2) is 9.59 Å². The number of aliphatic carboxylic acids is 1. The zero-order valence-corrected chi connectivity index (χ0v) is 18.1. The Morgan fingerprint density at radius 1 is 1.43 bits per heavy atom. The lowest BCUT2D eigenvalue weighted by molar-refractivity contribution is -0.148. The number of furan rings is 1. The van der Waals surface area contributed by atoms with Gasteiger partial charge in [0.15, 0.2) is 4.34 Å². The number of nitrogens with zero attached hydrogens (tertiary/aromatic N) is 3. The van der Waals surface area contributed by atoms with Crippen molar-refractivity contribution in [3.63, 3.8) is 0 Å².